The topological polar surface area (TPSA) is 118 Å². The molecule has 1 aromatic rings. The number of fused-ring (bicyclic) bond motifs is 1. The Kier molecular flexibility index (Phi) is 2.57. The van der Waals surface area contributed by atoms with E-state index in [0.717, 1.165) is 12.1 Å². The smallest absolute Gasteiger partial charge is 0.277 e. The summed E-state index contributed by atoms with van der Waals surface area (Å²) < 4.78 is 0. The standard InChI is InChI=1S/C11H7NO6/c13-5-8(14)10-9-6(4-11(10,15)16)2-1-3-7(9)12(17)18/h1-5,15-16H. The molecular formula is C11H7NO6. The van der Waals surface area contributed by atoms with Crippen LogP contribution in [0.1, 0.15) is 0 Å². The zero-order valence-electron chi connectivity index (χ0n) is 8.86. The van der Waals surface area contributed by atoms with Crippen molar-refractivity contribution in [3.8, 4) is 0 Å². The Morgan fingerprint density at radius 1 is 1.39 bits per heavy atom. The van der Waals surface area contributed by atoms with Crippen molar-refractivity contribution in [2.45, 2.75) is 5.79 Å². The van der Waals surface area contributed by atoms with Crippen molar-refractivity contribution in [2.75, 3.05) is 0 Å². The summed E-state index contributed by atoms with van der Waals surface area (Å²) in [6, 6.07) is 3.85. The van der Waals surface area contributed by atoms with Gasteiger partial charge >= 0.3 is 0 Å². The van der Waals surface area contributed by atoms with E-state index in [0.29, 0.717) is 0 Å². The van der Waals surface area contributed by atoms with Gasteiger partial charge in [-0.3, -0.25) is 19.7 Å². The van der Waals surface area contributed by atoms with E-state index >= 15 is 0 Å². The minimum absolute atomic E-state index is 0.115. The highest BCUT2D eigenvalue weighted by molar-refractivity contribution is 6.45. The molecular weight excluding hydrogens is 242 g/mol. The SMILES string of the molecule is O=CC(=O)C1=c2c([N+](=O)[O-])cccc2=CC1(O)O. The van der Waals surface area contributed by atoms with Crippen molar-refractivity contribution >= 4 is 29.4 Å². The van der Waals surface area contributed by atoms with E-state index in [2.05, 4.69) is 0 Å². The first-order valence-electron chi connectivity index (χ1n) is 4.84. The number of rotatable bonds is 3. The summed E-state index contributed by atoms with van der Waals surface area (Å²) >= 11 is 0. The molecule has 7 heteroatoms. The van der Waals surface area contributed by atoms with Crippen LogP contribution in [0.3, 0.4) is 0 Å². The normalized spacial score (nSPS) is 15.8. The monoisotopic (exact) mass is 249 g/mol. The fraction of sp³-hybridized carbons (Fsp3) is 0.0909. The maximum atomic E-state index is 11.4. The summed E-state index contributed by atoms with van der Waals surface area (Å²) in [7, 11) is 0. The highest BCUT2D eigenvalue weighted by atomic mass is 16.6. The molecule has 7 nitrogen and oxygen atoms in total. The van der Waals surface area contributed by atoms with Crippen LogP contribution < -0.4 is 10.4 Å². The molecule has 0 amide bonds. The van der Waals surface area contributed by atoms with Gasteiger partial charge in [-0.05, 0) is 11.3 Å². The maximum absolute atomic E-state index is 11.4. The summed E-state index contributed by atoms with van der Waals surface area (Å²) in [5, 5.41) is 30.0. The number of Topliss-reactive ketones (excluding diaryl/α,β-unsaturated/α-hetero) is 1. The van der Waals surface area contributed by atoms with Crippen molar-refractivity contribution in [2.24, 2.45) is 0 Å². The molecule has 1 aliphatic rings. The first kappa shape index (κ1) is 12.1. The average molecular weight is 249 g/mol. The second kappa shape index (κ2) is 3.83. The minimum atomic E-state index is -2.67. The largest absolute Gasteiger partial charge is 0.359 e. The lowest BCUT2D eigenvalue weighted by Crippen LogP contribution is -2.34. The Balaban J connectivity index is 2.99. The van der Waals surface area contributed by atoms with E-state index in [1.165, 1.54) is 12.1 Å². The molecule has 0 unspecified atom stereocenters. The van der Waals surface area contributed by atoms with Gasteiger partial charge in [0.15, 0.2) is 6.29 Å². The highest BCUT2D eigenvalue weighted by Crippen LogP contribution is 2.20. The van der Waals surface area contributed by atoms with Gasteiger partial charge in [-0.25, -0.2) is 0 Å². The summed E-state index contributed by atoms with van der Waals surface area (Å²) in [6.45, 7) is 0. The molecule has 0 spiro atoms. The van der Waals surface area contributed by atoms with Crippen LogP contribution in [-0.2, 0) is 9.59 Å². The number of nitro benzene ring substituents is 1. The number of nitro groups is 1. The molecule has 2 N–H and O–H groups in total. The molecule has 0 bridgehead atoms. The predicted octanol–water partition coefficient (Wildman–Crippen LogP) is -2.01. The van der Waals surface area contributed by atoms with Gasteiger partial charge in [-0.2, -0.15) is 0 Å². The molecule has 1 aliphatic carbocycles. The van der Waals surface area contributed by atoms with E-state index < -0.39 is 27.8 Å². The number of non-ortho nitro benzene ring substituents is 1. The molecule has 18 heavy (non-hydrogen) atoms. The van der Waals surface area contributed by atoms with Crippen LogP contribution in [0, 0.1) is 10.1 Å². The molecule has 0 aromatic heterocycles. The number of aldehydes is 1. The van der Waals surface area contributed by atoms with E-state index in [9.17, 15) is 29.9 Å². The van der Waals surface area contributed by atoms with Gasteiger partial charge in [0, 0.05) is 6.07 Å². The summed E-state index contributed by atoms with van der Waals surface area (Å²) in [5.74, 6) is -3.88. The minimum Gasteiger partial charge on any atom is -0.359 e. The Morgan fingerprint density at radius 3 is 2.61 bits per heavy atom. The summed E-state index contributed by atoms with van der Waals surface area (Å²) in [4.78, 5) is 32.0. The number of carbonyl (C=O) groups excluding carboxylic acids is 2. The van der Waals surface area contributed by atoms with Crippen LogP contribution in [0.25, 0.3) is 11.6 Å². The van der Waals surface area contributed by atoms with Crippen molar-refractivity contribution in [3.05, 3.63) is 38.8 Å². The van der Waals surface area contributed by atoms with E-state index in [1.807, 2.05) is 0 Å². The number of nitrogens with zero attached hydrogens (tertiary/aromatic N) is 1. The Bertz CT molecular complexity index is 688. The third kappa shape index (κ3) is 1.62. The van der Waals surface area contributed by atoms with E-state index in [-0.39, 0.29) is 16.7 Å². The lowest BCUT2D eigenvalue weighted by Gasteiger charge is -2.14. The van der Waals surface area contributed by atoms with Crippen molar-refractivity contribution in [3.63, 3.8) is 0 Å². The number of hydrogen-bond donors (Lipinski definition) is 2. The van der Waals surface area contributed by atoms with Crippen LogP contribution in [0.5, 0.6) is 0 Å². The molecule has 0 heterocycles. The van der Waals surface area contributed by atoms with Gasteiger partial charge in [-0.1, -0.05) is 12.1 Å². The third-order valence-corrected chi connectivity index (χ3v) is 2.60. The quantitative estimate of drug-likeness (QED) is 0.210. The number of hydrogen-bond acceptors (Lipinski definition) is 6. The Hall–Kier alpha value is -2.38. The fourth-order valence-electron chi connectivity index (χ4n) is 1.94. The molecule has 0 saturated heterocycles. The summed E-state index contributed by atoms with van der Waals surface area (Å²) in [5.41, 5.74) is -1.15. The maximum Gasteiger partial charge on any atom is 0.277 e. The second-order valence-corrected chi connectivity index (χ2v) is 3.73. The van der Waals surface area contributed by atoms with Gasteiger partial charge in [0.2, 0.25) is 11.6 Å². The lowest BCUT2D eigenvalue weighted by atomic mass is 10.0. The van der Waals surface area contributed by atoms with Gasteiger partial charge in [0.25, 0.3) is 5.69 Å². The van der Waals surface area contributed by atoms with Gasteiger partial charge in [0.1, 0.15) is 0 Å². The molecule has 2 rings (SSSR count). The van der Waals surface area contributed by atoms with Gasteiger partial charge in [0.05, 0.1) is 15.7 Å². The predicted molar refractivity (Wildman–Crippen MR) is 58.5 cm³/mol. The molecule has 0 aliphatic heterocycles. The Morgan fingerprint density at radius 2 is 2.06 bits per heavy atom. The van der Waals surface area contributed by atoms with Crippen LogP contribution in [0.2, 0.25) is 0 Å². The molecule has 0 radical (unpaired) electrons. The van der Waals surface area contributed by atoms with Crippen LogP contribution in [-0.4, -0.2) is 33.0 Å². The molecule has 92 valence electrons. The van der Waals surface area contributed by atoms with Crippen molar-refractivity contribution in [1.29, 1.82) is 0 Å². The van der Waals surface area contributed by atoms with Crippen LogP contribution in [0.4, 0.5) is 5.69 Å². The Labute approximate surface area is 99.4 Å². The number of aliphatic hydroxyl groups is 2. The first-order valence-corrected chi connectivity index (χ1v) is 4.84. The average Bonchev–Trinajstić information content (AvgIpc) is 2.57. The van der Waals surface area contributed by atoms with Gasteiger partial charge in [-0.15, -0.1) is 0 Å². The van der Waals surface area contributed by atoms with Crippen molar-refractivity contribution in [1.82, 2.24) is 0 Å². The third-order valence-electron chi connectivity index (χ3n) is 2.60. The molecule has 1 aromatic carbocycles. The van der Waals surface area contributed by atoms with E-state index in [1.54, 1.807) is 0 Å². The lowest BCUT2D eigenvalue weighted by molar-refractivity contribution is -0.386. The van der Waals surface area contributed by atoms with Crippen LogP contribution >= 0.6 is 0 Å². The van der Waals surface area contributed by atoms with Crippen molar-refractivity contribution < 1.29 is 24.7 Å². The van der Waals surface area contributed by atoms with Gasteiger partial charge < -0.3 is 10.2 Å². The second-order valence-electron chi connectivity index (χ2n) is 3.73. The molecule has 0 atom stereocenters. The number of ketones is 1. The summed E-state index contributed by atoms with van der Waals surface area (Å²) in [6.07, 6.45) is 0.766. The highest BCUT2D eigenvalue weighted by Gasteiger charge is 2.38. The molecule has 0 fully saturated rings. The number of benzene rings is 1. The number of carbonyl (C=O) groups is 2. The molecule has 0 saturated carbocycles. The zero-order valence-corrected chi connectivity index (χ0v) is 8.86. The first-order chi connectivity index (χ1) is 8.38. The fourth-order valence-corrected chi connectivity index (χ4v) is 1.94. The van der Waals surface area contributed by atoms with Crippen LogP contribution in [0.15, 0.2) is 18.2 Å². The van der Waals surface area contributed by atoms with E-state index in [4.69, 9.17) is 0 Å². The zero-order chi connectivity index (χ0) is 13.5.